The average Bonchev–Trinajstić information content (AvgIpc) is 2.70. The van der Waals surface area contributed by atoms with Gasteiger partial charge in [-0.1, -0.05) is 0 Å². The summed E-state index contributed by atoms with van der Waals surface area (Å²) < 4.78 is 19.6. The summed E-state index contributed by atoms with van der Waals surface area (Å²) in [6.45, 7) is 4.34. The normalized spacial score (nSPS) is 16.5. The van der Waals surface area contributed by atoms with Gasteiger partial charge in [0.25, 0.3) is 5.56 Å². The van der Waals surface area contributed by atoms with Gasteiger partial charge in [-0.3, -0.25) is 19.0 Å². The number of ether oxygens (including phenoxy) is 1. The second-order valence-corrected chi connectivity index (χ2v) is 7.08. The summed E-state index contributed by atoms with van der Waals surface area (Å²) in [6, 6.07) is 6.97. The number of hydrogen-bond acceptors (Lipinski definition) is 5. The van der Waals surface area contributed by atoms with Crippen LogP contribution in [-0.2, 0) is 20.9 Å². The summed E-state index contributed by atoms with van der Waals surface area (Å²) in [7, 11) is 0. The monoisotopic (exact) mass is 401 g/mol. The fourth-order valence-electron chi connectivity index (χ4n) is 3.48. The number of rotatable bonds is 5. The van der Waals surface area contributed by atoms with Crippen LogP contribution in [0.4, 0.5) is 4.39 Å². The smallest absolute Gasteiger partial charge is 0.310 e. The molecule has 0 bridgehead atoms. The first kappa shape index (κ1) is 20.7. The molecule has 1 aliphatic heterocycles. The van der Waals surface area contributed by atoms with Gasteiger partial charge in [-0.15, -0.1) is 0 Å². The number of aryl methyl sites for hydroxylation is 1. The van der Waals surface area contributed by atoms with Crippen LogP contribution < -0.4 is 5.56 Å². The first-order valence-electron chi connectivity index (χ1n) is 9.68. The Morgan fingerprint density at radius 3 is 2.69 bits per heavy atom. The molecule has 154 valence electrons. The van der Waals surface area contributed by atoms with Gasteiger partial charge in [-0.2, -0.15) is 0 Å². The topological polar surface area (TPSA) is 81.5 Å². The highest BCUT2D eigenvalue weighted by atomic mass is 19.1. The summed E-state index contributed by atoms with van der Waals surface area (Å²) in [5.74, 6) is -1.01. The van der Waals surface area contributed by atoms with Crippen LogP contribution in [0, 0.1) is 18.7 Å². The molecule has 3 rings (SSSR count). The number of amides is 1. The number of hydrogen-bond donors (Lipinski definition) is 0. The van der Waals surface area contributed by atoms with E-state index < -0.39 is 5.82 Å². The molecule has 0 N–H and O–H groups in total. The number of carbonyl (C=O) groups is 2. The number of halogens is 1. The molecular weight excluding hydrogens is 377 g/mol. The zero-order chi connectivity index (χ0) is 21.0. The Kier molecular flexibility index (Phi) is 6.41. The maximum atomic E-state index is 13.3. The van der Waals surface area contributed by atoms with Crippen molar-refractivity contribution in [2.24, 2.45) is 5.92 Å². The van der Waals surface area contributed by atoms with Crippen LogP contribution in [0.2, 0.25) is 0 Å². The molecular formula is C21H24FN3O4. The summed E-state index contributed by atoms with van der Waals surface area (Å²) in [5, 5.41) is 0. The average molecular weight is 401 g/mol. The minimum absolute atomic E-state index is 0.200. The van der Waals surface area contributed by atoms with Gasteiger partial charge in [0.2, 0.25) is 5.91 Å². The number of piperidine rings is 1. The molecule has 1 saturated heterocycles. The fraction of sp³-hybridized carbons (Fsp3) is 0.429. The van der Waals surface area contributed by atoms with Crippen LogP contribution in [0.1, 0.15) is 25.5 Å². The lowest BCUT2D eigenvalue weighted by atomic mass is 9.98. The van der Waals surface area contributed by atoms with Crippen molar-refractivity contribution in [1.82, 2.24) is 14.5 Å². The van der Waals surface area contributed by atoms with Crippen molar-refractivity contribution in [3.05, 3.63) is 52.2 Å². The van der Waals surface area contributed by atoms with Gasteiger partial charge in [0, 0.05) is 30.4 Å². The van der Waals surface area contributed by atoms with E-state index in [9.17, 15) is 18.8 Å². The van der Waals surface area contributed by atoms with E-state index in [0.717, 1.165) is 0 Å². The van der Waals surface area contributed by atoms with Gasteiger partial charge in [-0.05, 0) is 51.0 Å². The third-order valence-electron chi connectivity index (χ3n) is 4.93. The standard InChI is InChI=1S/C21H24FN3O4/c1-3-29-21(28)16-5-4-10-24(12-16)19(27)13-25-18(26)11-14(2)23-20(25)15-6-8-17(22)9-7-15/h6-9,11,16H,3-5,10,12-13H2,1-2H3/t16-/m0/s1. The molecule has 1 fully saturated rings. The molecule has 29 heavy (non-hydrogen) atoms. The first-order valence-corrected chi connectivity index (χ1v) is 9.68. The third kappa shape index (κ3) is 4.88. The Balaban J connectivity index is 1.84. The lowest BCUT2D eigenvalue weighted by Crippen LogP contribution is -2.45. The molecule has 2 aromatic rings. The third-order valence-corrected chi connectivity index (χ3v) is 4.93. The first-order chi connectivity index (χ1) is 13.9. The molecule has 0 aliphatic carbocycles. The van der Waals surface area contributed by atoms with Crippen molar-refractivity contribution in [3.8, 4) is 11.4 Å². The van der Waals surface area contributed by atoms with Crippen LogP contribution in [0.5, 0.6) is 0 Å². The van der Waals surface area contributed by atoms with E-state index in [0.29, 0.717) is 43.1 Å². The number of carbonyl (C=O) groups excluding carboxylic acids is 2. The lowest BCUT2D eigenvalue weighted by Gasteiger charge is -2.31. The Bertz CT molecular complexity index is 955. The maximum Gasteiger partial charge on any atom is 0.310 e. The van der Waals surface area contributed by atoms with Crippen LogP contribution in [0.3, 0.4) is 0 Å². The molecule has 1 atom stereocenters. The number of nitrogens with zero attached hydrogens (tertiary/aromatic N) is 3. The minimum Gasteiger partial charge on any atom is -0.466 e. The molecule has 0 spiro atoms. The second kappa shape index (κ2) is 8.98. The van der Waals surface area contributed by atoms with E-state index >= 15 is 0 Å². The molecule has 2 heterocycles. The van der Waals surface area contributed by atoms with E-state index in [-0.39, 0.29) is 36.4 Å². The van der Waals surface area contributed by atoms with Crippen molar-refractivity contribution in [3.63, 3.8) is 0 Å². The molecule has 0 saturated carbocycles. The Morgan fingerprint density at radius 1 is 1.28 bits per heavy atom. The highest BCUT2D eigenvalue weighted by Crippen LogP contribution is 2.20. The molecule has 0 radical (unpaired) electrons. The van der Waals surface area contributed by atoms with Crippen LogP contribution >= 0.6 is 0 Å². The number of esters is 1. The van der Waals surface area contributed by atoms with Crippen molar-refractivity contribution in [2.75, 3.05) is 19.7 Å². The molecule has 1 aromatic carbocycles. The Labute approximate surface area is 168 Å². The Morgan fingerprint density at radius 2 is 2.00 bits per heavy atom. The van der Waals surface area contributed by atoms with Crippen LogP contribution in [-0.4, -0.2) is 46.0 Å². The predicted octanol–water partition coefficient (Wildman–Crippen LogP) is 2.16. The van der Waals surface area contributed by atoms with Gasteiger partial charge < -0.3 is 9.64 Å². The van der Waals surface area contributed by atoms with E-state index in [4.69, 9.17) is 4.74 Å². The predicted molar refractivity (Wildman–Crippen MR) is 105 cm³/mol. The molecule has 1 aliphatic rings. The van der Waals surface area contributed by atoms with E-state index in [1.54, 1.807) is 18.7 Å². The van der Waals surface area contributed by atoms with Crippen molar-refractivity contribution in [1.29, 1.82) is 0 Å². The van der Waals surface area contributed by atoms with Crippen LogP contribution in [0.15, 0.2) is 35.1 Å². The summed E-state index contributed by atoms with van der Waals surface area (Å²) >= 11 is 0. The SMILES string of the molecule is CCOC(=O)[C@H]1CCCN(C(=O)Cn2c(-c3ccc(F)cc3)nc(C)cc2=O)C1. The maximum absolute atomic E-state index is 13.3. The number of benzene rings is 1. The van der Waals surface area contributed by atoms with Gasteiger partial charge in [0.1, 0.15) is 18.2 Å². The highest BCUT2D eigenvalue weighted by Gasteiger charge is 2.29. The van der Waals surface area contributed by atoms with E-state index in [1.807, 2.05) is 0 Å². The summed E-state index contributed by atoms with van der Waals surface area (Å²) in [5.41, 5.74) is 0.700. The zero-order valence-electron chi connectivity index (χ0n) is 16.6. The number of likely N-dealkylation sites (tertiary alicyclic amines) is 1. The highest BCUT2D eigenvalue weighted by molar-refractivity contribution is 5.79. The van der Waals surface area contributed by atoms with Crippen molar-refractivity contribution in [2.45, 2.75) is 33.2 Å². The number of aromatic nitrogens is 2. The molecule has 0 unspecified atom stereocenters. The van der Waals surface area contributed by atoms with E-state index in [2.05, 4.69) is 4.98 Å². The van der Waals surface area contributed by atoms with Gasteiger partial charge in [0.15, 0.2) is 0 Å². The van der Waals surface area contributed by atoms with Gasteiger partial charge in [-0.25, -0.2) is 9.37 Å². The molecule has 8 heteroatoms. The summed E-state index contributed by atoms with van der Waals surface area (Å²) in [6.07, 6.45) is 1.37. The Hall–Kier alpha value is -3.03. The largest absolute Gasteiger partial charge is 0.466 e. The van der Waals surface area contributed by atoms with Crippen molar-refractivity contribution >= 4 is 11.9 Å². The molecule has 1 amide bonds. The summed E-state index contributed by atoms with van der Waals surface area (Å²) in [4.78, 5) is 43.5. The lowest BCUT2D eigenvalue weighted by molar-refractivity contribution is -0.151. The van der Waals surface area contributed by atoms with Crippen LogP contribution in [0.25, 0.3) is 11.4 Å². The van der Waals surface area contributed by atoms with Gasteiger partial charge in [0.05, 0.1) is 12.5 Å². The second-order valence-electron chi connectivity index (χ2n) is 7.08. The fourth-order valence-corrected chi connectivity index (χ4v) is 3.48. The zero-order valence-corrected chi connectivity index (χ0v) is 16.6. The van der Waals surface area contributed by atoms with E-state index in [1.165, 1.54) is 34.9 Å². The quantitative estimate of drug-likeness (QED) is 0.717. The molecule has 7 nitrogen and oxygen atoms in total. The molecule has 1 aromatic heterocycles. The van der Waals surface area contributed by atoms with Crippen molar-refractivity contribution < 1.29 is 18.7 Å². The van der Waals surface area contributed by atoms with Gasteiger partial charge >= 0.3 is 5.97 Å². The minimum atomic E-state index is -0.398.